The van der Waals surface area contributed by atoms with Crippen molar-refractivity contribution in [1.82, 2.24) is 9.97 Å². The number of carbonyl (C=O) groups excluding carboxylic acids is 1. The van der Waals surface area contributed by atoms with Gasteiger partial charge in [-0.25, -0.2) is 23.1 Å². The van der Waals surface area contributed by atoms with Gasteiger partial charge in [0, 0.05) is 11.9 Å². The van der Waals surface area contributed by atoms with Crippen LogP contribution in [0.2, 0.25) is 0 Å². The predicted octanol–water partition coefficient (Wildman–Crippen LogP) is 4.51. The summed E-state index contributed by atoms with van der Waals surface area (Å²) in [5.41, 5.74) is 2.26. The number of carbonyl (C=O) groups is 1. The molecule has 0 unspecified atom stereocenters. The standard InChI is InChI=1S/C19H15F3N4O/c1-10-7-11(2)9-12(8-10)24-18(27)15-5-6-23-19(26-15)25-14-4-3-13(20)16(21)17(14)22/h3-9H,1-2H3,(H,24,27)(H,23,25,26). The Kier molecular flexibility index (Phi) is 5.07. The van der Waals surface area contributed by atoms with Gasteiger partial charge in [0.05, 0.1) is 5.69 Å². The monoisotopic (exact) mass is 372 g/mol. The van der Waals surface area contributed by atoms with Crippen molar-refractivity contribution in [3.8, 4) is 0 Å². The van der Waals surface area contributed by atoms with Crippen molar-refractivity contribution >= 4 is 23.2 Å². The first-order valence-electron chi connectivity index (χ1n) is 7.96. The zero-order valence-corrected chi connectivity index (χ0v) is 14.5. The summed E-state index contributed by atoms with van der Waals surface area (Å²) in [5.74, 6) is -4.93. The molecule has 5 nitrogen and oxygen atoms in total. The van der Waals surface area contributed by atoms with E-state index in [2.05, 4.69) is 20.6 Å². The molecule has 0 saturated carbocycles. The van der Waals surface area contributed by atoms with E-state index in [4.69, 9.17) is 0 Å². The van der Waals surface area contributed by atoms with Gasteiger partial charge in [0.2, 0.25) is 5.95 Å². The van der Waals surface area contributed by atoms with Crippen molar-refractivity contribution in [3.05, 3.63) is 76.9 Å². The first kappa shape index (κ1) is 18.4. The molecule has 138 valence electrons. The van der Waals surface area contributed by atoms with E-state index in [9.17, 15) is 18.0 Å². The van der Waals surface area contributed by atoms with Crippen LogP contribution < -0.4 is 10.6 Å². The average molecular weight is 372 g/mol. The van der Waals surface area contributed by atoms with Crippen molar-refractivity contribution < 1.29 is 18.0 Å². The number of anilines is 3. The number of benzene rings is 2. The Hall–Kier alpha value is -3.42. The molecule has 0 aliphatic rings. The number of aryl methyl sites for hydroxylation is 2. The Morgan fingerprint density at radius 2 is 1.67 bits per heavy atom. The quantitative estimate of drug-likeness (QED) is 0.662. The van der Waals surface area contributed by atoms with Crippen LogP contribution in [0, 0.1) is 31.3 Å². The van der Waals surface area contributed by atoms with Crippen LogP contribution in [0.25, 0.3) is 0 Å². The molecule has 0 saturated heterocycles. The van der Waals surface area contributed by atoms with Gasteiger partial charge in [-0.2, -0.15) is 0 Å². The summed E-state index contributed by atoms with van der Waals surface area (Å²) in [6, 6.07) is 8.75. The van der Waals surface area contributed by atoms with Gasteiger partial charge in [-0.1, -0.05) is 6.07 Å². The van der Waals surface area contributed by atoms with E-state index in [-0.39, 0.29) is 17.3 Å². The van der Waals surface area contributed by atoms with Crippen LogP contribution in [0.3, 0.4) is 0 Å². The molecule has 8 heteroatoms. The molecule has 0 aliphatic heterocycles. The number of hydrogen-bond acceptors (Lipinski definition) is 4. The second kappa shape index (κ2) is 7.45. The Balaban J connectivity index is 1.81. The van der Waals surface area contributed by atoms with Crippen molar-refractivity contribution in [3.63, 3.8) is 0 Å². The second-order valence-electron chi connectivity index (χ2n) is 5.94. The molecule has 2 aromatic carbocycles. The maximum atomic E-state index is 13.8. The number of halogens is 3. The Bertz CT molecular complexity index is 1000. The molecule has 1 heterocycles. The lowest BCUT2D eigenvalue weighted by Crippen LogP contribution is -2.15. The fourth-order valence-electron chi connectivity index (χ4n) is 2.53. The number of aromatic nitrogens is 2. The molecular weight excluding hydrogens is 357 g/mol. The van der Waals surface area contributed by atoms with Gasteiger partial charge in [0.25, 0.3) is 5.91 Å². The zero-order chi connectivity index (χ0) is 19.6. The van der Waals surface area contributed by atoms with E-state index in [1.54, 1.807) is 0 Å². The summed E-state index contributed by atoms with van der Waals surface area (Å²) in [6.07, 6.45) is 1.30. The fourth-order valence-corrected chi connectivity index (χ4v) is 2.53. The van der Waals surface area contributed by atoms with E-state index in [0.717, 1.165) is 23.3 Å². The first-order chi connectivity index (χ1) is 12.8. The minimum atomic E-state index is -1.61. The molecule has 27 heavy (non-hydrogen) atoms. The molecule has 1 aromatic heterocycles. The van der Waals surface area contributed by atoms with Gasteiger partial charge in [-0.3, -0.25) is 4.79 Å². The molecule has 0 spiro atoms. The Labute approximate surface area is 153 Å². The number of nitrogens with one attached hydrogen (secondary N) is 2. The van der Waals surface area contributed by atoms with Crippen molar-refractivity contribution in [1.29, 1.82) is 0 Å². The molecule has 0 fully saturated rings. The molecule has 0 bridgehead atoms. The minimum Gasteiger partial charge on any atom is -0.322 e. The molecule has 3 rings (SSSR count). The molecule has 1 amide bonds. The minimum absolute atomic E-state index is 0.0228. The molecule has 0 atom stereocenters. The molecule has 0 radical (unpaired) electrons. The molecule has 3 aromatic rings. The van der Waals surface area contributed by atoms with Crippen LogP contribution in [0.4, 0.5) is 30.5 Å². The lowest BCUT2D eigenvalue weighted by atomic mass is 10.1. The van der Waals surface area contributed by atoms with E-state index in [1.165, 1.54) is 12.3 Å². The first-order valence-corrected chi connectivity index (χ1v) is 7.96. The summed E-state index contributed by atoms with van der Waals surface area (Å²) in [6.45, 7) is 3.82. The third-order valence-electron chi connectivity index (χ3n) is 3.65. The van der Waals surface area contributed by atoms with Gasteiger partial charge >= 0.3 is 0 Å². The van der Waals surface area contributed by atoms with E-state index < -0.39 is 23.4 Å². The SMILES string of the molecule is Cc1cc(C)cc(NC(=O)c2ccnc(Nc3ccc(F)c(F)c3F)n2)c1. The van der Waals surface area contributed by atoms with Crippen molar-refractivity contribution in [2.75, 3.05) is 10.6 Å². The highest BCUT2D eigenvalue weighted by atomic mass is 19.2. The Morgan fingerprint density at radius 3 is 2.37 bits per heavy atom. The highest BCUT2D eigenvalue weighted by Gasteiger charge is 2.15. The average Bonchev–Trinajstić information content (AvgIpc) is 2.61. The Morgan fingerprint density at radius 1 is 0.963 bits per heavy atom. The van der Waals surface area contributed by atoms with Gasteiger partial charge in [-0.05, 0) is 55.3 Å². The molecule has 0 aliphatic carbocycles. The van der Waals surface area contributed by atoms with Crippen LogP contribution in [-0.2, 0) is 0 Å². The van der Waals surface area contributed by atoms with E-state index in [1.807, 2.05) is 32.0 Å². The van der Waals surface area contributed by atoms with Crippen LogP contribution in [0.5, 0.6) is 0 Å². The summed E-state index contributed by atoms with van der Waals surface area (Å²) >= 11 is 0. The number of rotatable bonds is 4. The van der Waals surface area contributed by atoms with E-state index >= 15 is 0 Å². The summed E-state index contributed by atoms with van der Waals surface area (Å²) < 4.78 is 40.1. The lowest BCUT2D eigenvalue weighted by Gasteiger charge is -2.09. The van der Waals surface area contributed by atoms with Crippen LogP contribution in [0.1, 0.15) is 21.6 Å². The summed E-state index contributed by atoms with van der Waals surface area (Å²) in [4.78, 5) is 20.2. The maximum absolute atomic E-state index is 13.8. The highest BCUT2D eigenvalue weighted by Crippen LogP contribution is 2.22. The number of hydrogen-bond donors (Lipinski definition) is 2. The molecule has 2 N–H and O–H groups in total. The van der Waals surface area contributed by atoms with Crippen LogP contribution in [0.15, 0.2) is 42.6 Å². The number of nitrogens with zero attached hydrogens (tertiary/aromatic N) is 2. The third kappa shape index (κ3) is 4.22. The topological polar surface area (TPSA) is 66.9 Å². The van der Waals surface area contributed by atoms with Crippen LogP contribution >= 0.6 is 0 Å². The fraction of sp³-hybridized carbons (Fsp3) is 0.105. The van der Waals surface area contributed by atoms with Gasteiger partial charge < -0.3 is 10.6 Å². The maximum Gasteiger partial charge on any atom is 0.274 e. The molecular formula is C19H15F3N4O. The normalized spacial score (nSPS) is 10.6. The van der Waals surface area contributed by atoms with Gasteiger partial charge in [0.1, 0.15) is 5.69 Å². The van der Waals surface area contributed by atoms with Gasteiger partial charge in [0.15, 0.2) is 17.5 Å². The largest absolute Gasteiger partial charge is 0.322 e. The lowest BCUT2D eigenvalue weighted by molar-refractivity contribution is 0.102. The zero-order valence-electron chi connectivity index (χ0n) is 14.5. The summed E-state index contributed by atoms with van der Waals surface area (Å²) in [7, 11) is 0. The van der Waals surface area contributed by atoms with Crippen molar-refractivity contribution in [2.45, 2.75) is 13.8 Å². The van der Waals surface area contributed by atoms with Crippen LogP contribution in [-0.4, -0.2) is 15.9 Å². The highest BCUT2D eigenvalue weighted by molar-refractivity contribution is 6.03. The van der Waals surface area contributed by atoms with Crippen molar-refractivity contribution in [2.24, 2.45) is 0 Å². The number of amides is 1. The van der Waals surface area contributed by atoms with E-state index in [0.29, 0.717) is 5.69 Å². The second-order valence-corrected chi connectivity index (χ2v) is 5.94. The van der Waals surface area contributed by atoms with Gasteiger partial charge in [-0.15, -0.1) is 0 Å². The smallest absolute Gasteiger partial charge is 0.274 e. The summed E-state index contributed by atoms with van der Waals surface area (Å²) in [5, 5.41) is 5.15. The third-order valence-corrected chi connectivity index (χ3v) is 3.65. The predicted molar refractivity (Wildman–Crippen MR) is 95.5 cm³/mol.